The van der Waals surface area contributed by atoms with Gasteiger partial charge in [0.15, 0.2) is 0 Å². The van der Waals surface area contributed by atoms with E-state index in [1.54, 1.807) is 24.4 Å². The summed E-state index contributed by atoms with van der Waals surface area (Å²) in [4.78, 5) is 12.4. The van der Waals surface area contributed by atoms with Crippen molar-refractivity contribution in [3.05, 3.63) is 47.3 Å². The number of nitrogens with zero attached hydrogens (tertiary/aromatic N) is 5. The van der Waals surface area contributed by atoms with Crippen LogP contribution in [0.15, 0.2) is 30.5 Å². The van der Waals surface area contributed by atoms with E-state index in [0.29, 0.717) is 24.7 Å². The Morgan fingerprint density at radius 1 is 1.31 bits per heavy atom. The van der Waals surface area contributed by atoms with E-state index in [2.05, 4.69) is 9.97 Å². The average Bonchev–Trinajstić information content (AvgIpc) is 3.09. The molecule has 0 bridgehead atoms. The van der Waals surface area contributed by atoms with E-state index in [1.807, 2.05) is 23.8 Å². The number of likely N-dealkylation sites (N-methyl/N-ethyl adjacent to an activating group) is 1. The molecule has 2 aromatic rings. The summed E-state index contributed by atoms with van der Waals surface area (Å²) in [7, 11) is 1.88. The van der Waals surface area contributed by atoms with Crippen LogP contribution < -0.4 is 9.80 Å². The van der Waals surface area contributed by atoms with Crippen LogP contribution in [0, 0.1) is 18.3 Å². The predicted molar refractivity (Wildman–Crippen MR) is 91.9 cm³/mol. The molecule has 2 heterocycles. The zero-order chi connectivity index (χ0) is 18.9. The summed E-state index contributed by atoms with van der Waals surface area (Å²) in [5.41, 5.74) is -0.0452. The third-order valence-corrected chi connectivity index (χ3v) is 4.61. The highest BCUT2D eigenvalue weighted by Crippen LogP contribution is 2.37. The molecule has 1 atom stereocenters. The highest BCUT2D eigenvalue weighted by Gasteiger charge is 2.36. The van der Waals surface area contributed by atoms with Crippen LogP contribution in [0.1, 0.15) is 23.2 Å². The van der Waals surface area contributed by atoms with Crippen LogP contribution in [-0.2, 0) is 6.18 Å². The standard InChI is InChI=1S/C18H18F3N5/c1-12-6-8-23-17(24-12)25(2)13-7-9-26(11-13)16-5-3-4-15(14(16)10-22)18(19,20)21/h3-6,8,13H,7,9,11H2,1-2H3. The monoisotopic (exact) mass is 361 g/mol. The predicted octanol–water partition coefficient (Wildman–Crippen LogP) is 3.39. The maximum Gasteiger partial charge on any atom is 0.417 e. The lowest BCUT2D eigenvalue weighted by Gasteiger charge is -2.26. The second-order valence-electron chi connectivity index (χ2n) is 6.31. The molecule has 136 valence electrons. The molecule has 26 heavy (non-hydrogen) atoms. The normalized spacial score (nSPS) is 17.2. The van der Waals surface area contributed by atoms with Crippen LogP contribution in [0.3, 0.4) is 0 Å². The van der Waals surface area contributed by atoms with Gasteiger partial charge in [-0.3, -0.25) is 0 Å². The minimum atomic E-state index is -4.55. The lowest BCUT2D eigenvalue weighted by Crippen LogP contribution is -2.36. The van der Waals surface area contributed by atoms with Crippen molar-refractivity contribution in [2.45, 2.75) is 25.6 Å². The van der Waals surface area contributed by atoms with Crippen LogP contribution >= 0.6 is 0 Å². The maximum absolute atomic E-state index is 13.2. The molecule has 1 aromatic carbocycles. The number of alkyl halides is 3. The quantitative estimate of drug-likeness (QED) is 0.839. The third-order valence-electron chi connectivity index (χ3n) is 4.61. The fourth-order valence-electron chi connectivity index (χ4n) is 3.20. The fourth-order valence-corrected chi connectivity index (χ4v) is 3.20. The number of rotatable bonds is 3. The van der Waals surface area contributed by atoms with Gasteiger partial charge in [0.25, 0.3) is 0 Å². The molecule has 1 fully saturated rings. The van der Waals surface area contributed by atoms with Gasteiger partial charge >= 0.3 is 6.18 Å². The first-order valence-corrected chi connectivity index (χ1v) is 8.19. The lowest BCUT2D eigenvalue weighted by atomic mass is 10.1. The molecule has 1 aliphatic rings. The first-order chi connectivity index (χ1) is 12.3. The van der Waals surface area contributed by atoms with Gasteiger partial charge in [0, 0.05) is 32.0 Å². The van der Waals surface area contributed by atoms with Gasteiger partial charge in [0.05, 0.1) is 22.9 Å². The molecular weight excluding hydrogens is 343 g/mol. The van der Waals surface area contributed by atoms with Gasteiger partial charge in [-0.1, -0.05) is 6.07 Å². The fraction of sp³-hybridized carbons (Fsp3) is 0.389. The molecule has 5 nitrogen and oxygen atoms in total. The van der Waals surface area contributed by atoms with Crippen LogP contribution in [0.2, 0.25) is 0 Å². The molecule has 0 aliphatic carbocycles. The lowest BCUT2D eigenvalue weighted by molar-refractivity contribution is -0.137. The minimum Gasteiger partial charge on any atom is -0.368 e. The van der Waals surface area contributed by atoms with Gasteiger partial charge in [-0.2, -0.15) is 18.4 Å². The van der Waals surface area contributed by atoms with E-state index in [-0.39, 0.29) is 11.6 Å². The summed E-state index contributed by atoms with van der Waals surface area (Å²) < 4.78 is 39.5. The van der Waals surface area contributed by atoms with Gasteiger partial charge in [0.1, 0.15) is 6.07 Å². The molecule has 1 unspecified atom stereocenters. The molecule has 0 saturated carbocycles. The maximum atomic E-state index is 13.2. The Hall–Kier alpha value is -2.82. The number of hydrogen-bond donors (Lipinski definition) is 0. The Labute approximate surface area is 149 Å². The average molecular weight is 361 g/mol. The van der Waals surface area contributed by atoms with Crippen LogP contribution in [0.25, 0.3) is 0 Å². The summed E-state index contributed by atoms with van der Waals surface area (Å²) in [5, 5.41) is 9.30. The number of aryl methyl sites for hydroxylation is 1. The van der Waals surface area contributed by atoms with Crippen molar-refractivity contribution in [1.82, 2.24) is 9.97 Å². The Bertz CT molecular complexity index is 843. The van der Waals surface area contributed by atoms with Crippen molar-refractivity contribution >= 4 is 11.6 Å². The molecule has 1 saturated heterocycles. The van der Waals surface area contributed by atoms with E-state index in [1.165, 1.54) is 6.07 Å². The number of aromatic nitrogens is 2. The molecular formula is C18H18F3N5. The van der Waals surface area contributed by atoms with Gasteiger partial charge in [-0.25, -0.2) is 9.97 Å². The van der Waals surface area contributed by atoms with Crippen LogP contribution in [0.5, 0.6) is 0 Å². The van der Waals surface area contributed by atoms with Crippen molar-refractivity contribution in [3.63, 3.8) is 0 Å². The van der Waals surface area contributed by atoms with Gasteiger partial charge in [0.2, 0.25) is 5.95 Å². The number of anilines is 2. The van der Waals surface area contributed by atoms with Gasteiger partial charge < -0.3 is 9.80 Å². The Morgan fingerprint density at radius 2 is 2.08 bits per heavy atom. The highest BCUT2D eigenvalue weighted by atomic mass is 19.4. The van der Waals surface area contributed by atoms with Gasteiger partial charge in [-0.15, -0.1) is 0 Å². The van der Waals surface area contributed by atoms with Crippen molar-refractivity contribution in [2.75, 3.05) is 29.9 Å². The molecule has 0 radical (unpaired) electrons. The van der Waals surface area contributed by atoms with Crippen molar-refractivity contribution < 1.29 is 13.2 Å². The SMILES string of the molecule is Cc1ccnc(N(C)C2CCN(c3cccc(C(F)(F)F)c3C#N)C2)n1. The zero-order valence-corrected chi connectivity index (χ0v) is 14.5. The molecule has 3 rings (SSSR count). The summed E-state index contributed by atoms with van der Waals surface area (Å²) in [6.45, 7) is 2.95. The minimum absolute atomic E-state index is 0.0536. The van der Waals surface area contributed by atoms with E-state index < -0.39 is 11.7 Å². The molecule has 1 aromatic heterocycles. The number of nitriles is 1. The summed E-state index contributed by atoms with van der Waals surface area (Å²) in [6, 6.07) is 7.45. The Kier molecular flexibility index (Phi) is 4.72. The molecule has 0 N–H and O–H groups in total. The third kappa shape index (κ3) is 3.43. The first kappa shape index (κ1) is 18.0. The second-order valence-corrected chi connectivity index (χ2v) is 6.31. The largest absolute Gasteiger partial charge is 0.417 e. The van der Waals surface area contributed by atoms with E-state index in [0.717, 1.165) is 18.2 Å². The highest BCUT2D eigenvalue weighted by molar-refractivity contribution is 5.64. The van der Waals surface area contributed by atoms with E-state index in [4.69, 9.17) is 0 Å². The molecule has 8 heteroatoms. The topological polar surface area (TPSA) is 56.1 Å². The summed E-state index contributed by atoms with van der Waals surface area (Å²) in [5.74, 6) is 0.585. The Balaban J connectivity index is 1.84. The molecule has 0 spiro atoms. The van der Waals surface area contributed by atoms with E-state index >= 15 is 0 Å². The van der Waals surface area contributed by atoms with Crippen molar-refractivity contribution in [2.24, 2.45) is 0 Å². The van der Waals surface area contributed by atoms with Gasteiger partial charge in [-0.05, 0) is 31.5 Å². The first-order valence-electron chi connectivity index (χ1n) is 8.19. The second kappa shape index (κ2) is 6.83. The summed E-state index contributed by atoms with van der Waals surface area (Å²) >= 11 is 0. The Morgan fingerprint density at radius 3 is 2.73 bits per heavy atom. The van der Waals surface area contributed by atoms with Crippen molar-refractivity contribution in [3.8, 4) is 6.07 Å². The van der Waals surface area contributed by atoms with Crippen LogP contribution in [-0.4, -0.2) is 36.1 Å². The number of benzene rings is 1. The number of halogens is 3. The van der Waals surface area contributed by atoms with Crippen molar-refractivity contribution in [1.29, 1.82) is 5.26 Å². The smallest absolute Gasteiger partial charge is 0.368 e. The molecule has 0 amide bonds. The summed E-state index contributed by atoms with van der Waals surface area (Å²) in [6.07, 6.45) is -2.12. The van der Waals surface area contributed by atoms with E-state index in [9.17, 15) is 18.4 Å². The molecule has 1 aliphatic heterocycles. The number of hydrogen-bond acceptors (Lipinski definition) is 5. The van der Waals surface area contributed by atoms with Crippen LogP contribution in [0.4, 0.5) is 24.8 Å². The zero-order valence-electron chi connectivity index (χ0n) is 14.5.